The van der Waals surface area contributed by atoms with Crippen molar-refractivity contribution in [1.82, 2.24) is 10.3 Å². The summed E-state index contributed by atoms with van der Waals surface area (Å²) in [7, 11) is 0. The molecule has 1 aromatic heterocycles. The molecule has 0 bridgehead atoms. The normalized spacial score (nSPS) is 19.4. The lowest BCUT2D eigenvalue weighted by Gasteiger charge is -2.38. The van der Waals surface area contributed by atoms with E-state index >= 15 is 0 Å². The molecule has 2 aromatic carbocycles. The fourth-order valence-electron chi connectivity index (χ4n) is 3.96. The first-order valence-electron chi connectivity index (χ1n) is 10.4. The molecule has 2 heterocycles. The number of amides is 1. The molecule has 3 atom stereocenters. The van der Waals surface area contributed by atoms with Gasteiger partial charge < -0.3 is 20.1 Å². The number of hydrogen-bond acceptors (Lipinski definition) is 6. The number of ether oxygens (including phenoxy) is 1. The van der Waals surface area contributed by atoms with Gasteiger partial charge in [0.2, 0.25) is 0 Å². The molecule has 0 spiro atoms. The van der Waals surface area contributed by atoms with Crippen molar-refractivity contribution in [2.45, 2.75) is 25.2 Å². The average Bonchev–Trinajstić information content (AvgIpc) is 2.81. The molecular weight excluding hydrogens is 411 g/mol. The molecule has 1 unspecified atom stereocenters. The van der Waals surface area contributed by atoms with Gasteiger partial charge in [0.25, 0.3) is 5.91 Å². The van der Waals surface area contributed by atoms with Crippen molar-refractivity contribution in [3.05, 3.63) is 71.7 Å². The number of pyridine rings is 1. The molecule has 1 fully saturated rings. The fourth-order valence-corrected chi connectivity index (χ4v) is 3.96. The molecular formula is C24H23FN4O3. The number of aliphatic hydroxyl groups excluding tert-OH is 1. The van der Waals surface area contributed by atoms with Crippen molar-refractivity contribution in [3.63, 3.8) is 0 Å². The quantitative estimate of drug-likeness (QED) is 0.641. The Labute approximate surface area is 185 Å². The Balaban J connectivity index is 1.48. The first-order valence-corrected chi connectivity index (χ1v) is 10.4. The zero-order valence-corrected chi connectivity index (χ0v) is 17.5. The number of aromatic nitrogens is 1. The maximum atomic E-state index is 13.4. The number of aliphatic hydroxyl groups is 1. The molecule has 164 valence electrons. The van der Waals surface area contributed by atoms with Gasteiger partial charge in [-0.3, -0.25) is 9.78 Å². The van der Waals surface area contributed by atoms with E-state index in [0.29, 0.717) is 29.7 Å². The molecule has 1 aliphatic heterocycles. The maximum Gasteiger partial charge on any atom is 0.251 e. The highest BCUT2D eigenvalue weighted by Crippen LogP contribution is 2.30. The first kappa shape index (κ1) is 21.7. The maximum absolute atomic E-state index is 13.4. The largest absolute Gasteiger partial charge is 0.387 e. The number of halogens is 1. The van der Waals surface area contributed by atoms with Crippen molar-refractivity contribution >= 4 is 22.5 Å². The third-order valence-corrected chi connectivity index (χ3v) is 5.46. The van der Waals surface area contributed by atoms with Gasteiger partial charge in [-0.1, -0.05) is 12.1 Å². The van der Waals surface area contributed by atoms with Crippen LogP contribution in [0.1, 0.15) is 24.2 Å². The van der Waals surface area contributed by atoms with Crippen LogP contribution in [0.4, 0.5) is 10.1 Å². The monoisotopic (exact) mass is 434 g/mol. The van der Waals surface area contributed by atoms with Crippen LogP contribution in [0.2, 0.25) is 0 Å². The lowest BCUT2D eigenvalue weighted by Crippen LogP contribution is -2.53. The predicted molar refractivity (Wildman–Crippen MR) is 117 cm³/mol. The number of nitrogens with one attached hydrogen (secondary N) is 1. The number of carbonyl (C=O) groups is 1. The molecule has 1 saturated heterocycles. The number of hydrogen-bond donors (Lipinski definition) is 2. The molecule has 0 saturated carbocycles. The Morgan fingerprint density at radius 3 is 2.97 bits per heavy atom. The van der Waals surface area contributed by atoms with Crippen LogP contribution in [0.3, 0.4) is 0 Å². The summed E-state index contributed by atoms with van der Waals surface area (Å²) in [6.45, 7) is 2.71. The van der Waals surface area contributed by atoms with Gasteiger partial charge in [-0.15, -0.1) is 0 Å². The number of nitrogens with zero attached hydrogens (tertiary/aromatic N) is 3. The van der Waals surface area contributed by atoms with E-state index in [-0.39, 0.29) is 18.6 Å². The smallest absolute Gasteiger partial charge is 0.251 e. The van der Waals surface area contributed by atoms with Crippen LogP contribution in [0.15, 0.2) is 54.7 Å². The zero-order valence-electron chi connectivity index (χ0n) is 17.5. The summed E-state index contributed by atoms with van der Waals surface area (Å²) in [6, 6.07) is 15.1. The number of anilines is 1. The molecule has 0 aliphatic carbocycles. The molecule has 1 aliphatic rings. The van der Waals surface area contributed by atoms with Crippen LogP contribution in [-0.2, 0) is 9.53 Å². The van der Waals surface area contributed by atoms with Crippen LogP contribution in [-0.4, -0.2) is 47.8 Å². The Hall–Kier alpha value is -3.54. The van der Waals surface area contributed by atoms with Gasteiger partial charge in [-0.05, 0) is 48.9 Å². The summed E-state index contributed by atoms with van der Waals surface area (Å²) in [5.41, 5.74) is 2.37. The second-order valence-electron chi connectivity index (χ2n) is 7.80. The average molecular weight is 434 g/mol. The second-order valence-corrected chi connectivity index (χ2v) is 7.80. The topological polar surface area (TPSA) is 98.5 Å². The lowest BCUT2D eigenvalue weighted by atomic mass is 10.1. The van der Waals surface area contributed by atoms with Crippen molar-refractivity contribution in [1.29, 1.82) is 5.26 Å². The number of nitriles is 1. The van der Waals surface area contributed by atoms with E-state index < -0.39 is 18.0 Å². The third-order valence-electron chi connectivity index (χ3n) is 5.46. The lowest BCUT2D eigenvalue weighted by molar-refractivity contribution is -0.137. The standard InChI is InChI=1S/C24H23FN4O3/c1-15-13-29(20-8-7-17(11-26)23-19(20)6-3-9-27-23)14-22(32-15)24(31)28-12-21(30)16-4-2-5-18(25)10-16/h2-10,15,21-22,30H,12-14H2,1H3,(H,28,31)/t15-,21?,22-/m1/s1. The van der Waals surface area contributed by atoms with Crippen LogP contribution in [0.25, 0.3) is 10.9 Å². The highest BCUT2D eigenvalue weighted by molar-refractivity contribution is 5.95. The minimum atomic E-state index is -1.03. The number of carbonyl (C=O) groups excluding carboxylic acids is 1. The number of rotatable bonds is 5. The predicted octanol–water partition coefficient (Wildman–Crippen LogP) is 2.69. The van der Waals surface area contributed by atoms with Crippen LogP contribution in [0, 0.1) is 17.1 Å². The van der Waals surface area contributed by atoms with Crippen LogP contribution >= 0.6 is 0 Å². The minimum Gasteiger partial charge on any atom is -0.387 e. The van der Waals surface area contributed by atoms with Gasteiger partial charge in [0, 0.05) is 30.4 Å². The van der Waals surface area contributed by atoms with Gasteiger partial charge in [-0.2, -0.15) is 5.26 Å². The van der Waals surface area contributed by atoms with E-state index in [9.17, 15) is 19.6 Å². The Bertz CT molecular complexity index is 1180. The molecule has 0 radical (unpaired) electrons. The highest BCUT2D eigenvalue weighted by Gasteiger charge is 2.31. The van der Waals surface area contributed by atoms with Crippen molar-refractivity contribution in [3.8, 4) is 6.07 Å². The third kappa shape index (κ3) is 4.54. The summed E-state index contributed by atoms with van der Waals surface area (Å²) in [6.07, 6.45) is -0.342. The van der Waals surface area contributed by atoms with Gasteiger partial charge in [-0.25, -0.2) is 4.39 Å². The van der Waals surface area contributed by atoms with Crippen LogP contribution < -0.4 is 10.2 Å². The Morgan fingerprint density at radius 1 is 1.34 bits per heavy atom. The van der Waals surface area contributed by atoms with Gasteiger partial charge in [0.1, 0.15) is 11.9 Å². The van der Waals surface area contributed by atoms with E-state index in [4.69, 9.17) is 4.74 Å². The molecule has 7 nitrogen and oxygen atoms in total. The summed E-state index contributed by atoms with van der Waals surface area (Å²) in [5.74, 6) is -0.801. The van der Waals surface area contributed by atoms with E-state index in [0.717, 1.165) is 11.1 Å². The van der Waals surface area contributed by atoms with Crippen molar-refractivity contribution in [2.75, 3.05) is 24.5 Å². The SMILES string of the molecule is C[C@@H]1CN(c2ccc(C#N)c3ncccc23)C[C@H](C(=O)NCC(O)c2cccc(F)c2)O1. The summed E-state index contributed by atoms with van der Waals surface area (Å²) in [4.78, 5) is 19.2. The van der Waals surface area contributed by atoms with Crippen molar-refractivity contribution in [2.24, 2.45) is 0 Å². The van der Waals surface area contributed by atoms with Gasteiger partial charge >= 0.3 is 0 Å². The molecule has 1 amide bonds. The molecule has 32 heavy (non-hydrogen) atoms. The molecule has 3 aromatic rings. The van der Waals surface area contributed by atoms with Gasteiger partial charge in [0.15, 0.2) is 6.10 Å². The number of benzene rings is 2. The highest BCUT2D eigenvalue weighted by atomic mass is 19.1. The minimum absolute atomic E-state index is 0.0553. The number of fused-ring (bicyclic) bond motifs is 1. The Morgan fingerprint density at radius 2 is 2.19 bits per heavy atom. The molecule has 8 heteroatoms. The van der Waals surface area contributed by atoms with Crippen molar-refractivity contribution < 1.29 is 19.0 Å². The molecule has 2 N–H and O–H groups in total. The summed E-state index contributed by atoms with van der Waals surface area (Å²) in [5, 5.41) is 23.2. The Kier molecular flexibility index (Phi) is 6.30. The summed E-state index contributed by atoms with van der Waals surface area (Å²) < 4.78 is 19.2. The van der Waals surface area contributed by atoms with E-state index in [1.165, 1.54) is 18.2 Å². The zero-order chi connectivity index (χ0) is 22.7. The molecule has 4 rings (SSSR count). The van der Waals surface area contributed by atoms with E-state index in [2.05, 4.69) is 16.4 Å². The van der Waals surface area contributed by atoms with Gasteiger partial charge in [0.05, 0.1) is 29.8 Å². The van der Waals surface area contributed by atoms with E-state index in [1.54, 1.807) is 18.3 Å². The van der Waals surface area contributed by atoms with E-state index in [1.807, 2.05) is 30.0 Å². The second kappa shape index (κ2) is 9.30. The fraction of sp³-hybridized carbons (Fsp3) is 0.292. The summed E-state index contributed by atoms with van der Waals surface area (Å²) >= 11 is 0. The number of morpholine rings is 1. The first-order chi connectivity index (χ1) is 15.5. The van der Waals surface area contributed by atoms with Crippen LogP contribution in [0.5, 0.6) is 0 Å².